The largest absolute Gasteiger partial charge is 0.397 e. The minimum atomic E-state index is -0.145. The number of rotatable bonds is 1. The van der Waals surface area contributed by atoms with Crippen LogP contribution in [0.4, 0.5) is 11.4 Å². The normalized spacial score (nSPS) is 31.9. The number of fused-ring (bicyclic) bond motifs is 1. The summed E-state index contributed by atoms with van der Waals surface area (Å²) in [5, 5.41) is 10.6. The number of halogens is 1. The maximum absolute atomic E-state index is 9.91. The van der Waals surface area contributed by atoms with Gasteiger partial charge in [-0.15, -0.1) is 0 Å². The van der Waals surface area contributed by atoms with Gasteiger partial charge in [-0.3, -0.25) is 0 Å². The van der Waals surface area contributed by atoms with Gasteiger partial charge < -0.3 is 15.7 Å². The highest BCUT2D eigenvalue weighted by Crippen LogP contribution is 2.43. The minimum absolute atomic E-state index is 0.145. The molecule has 3 rings (SSSR count). The van der Waals surface area contributed by atoms with Crippen LogP contribution in [-0.4, -0.2) is 24.3 Å². The Balaban J connectivity index is 1.88. The predicted octanol–water partition coefficient (Wildman–Crippen LogP) is 2.13. The van der Waals surface area contributed by atoms with Crippen LogP contribution in [0.2, 0.25) is 5.02 Å². The molecule has 2 fully saturated rings. The summed E-state index contributed by atoms with van der Waals surface area (Å²) in [4.78, 5) is 2.23. The smallest absolute Gasteiger partial charge is 0.0789 e. The van der Waals surface area contributed by atoms with E-state index in [0.29, 0.717) is 16.9 Å². The molecule has 3 N–H and O–H groups in total. The number of hydrogen-bond acceptors (Lipinski definition) is 3. The van der Waals surface area contributed by atoms with Gasteiger partial charge in [0.2, 0.25) is 0 Å². The van der Waals surface area contributed by atoms with E-state index in [0.717, 1.165) is 37.3 Å². The summed E-state index contributed by atoms with van der Waals surface area (Å²) in [6, 6.07) is 5.62. The van der Waals surface area contributed by atoms with Crippen LogP contribution in [0.3, 0.4) is 0 Å². The number of nitrogen functional groups attached to an aromatic ring is 1. The zero-order chi connectivity index (χ0) is 12.0. The molecule has 1 heterocycles. The maximum atomic E-state index is 9.91. The minimum Gasteiger partial charge on any atom is -0.397 e. The van der Waals surface area contributed by atoms with Crippen LogP contribution in [-0.2, 0) is 0 Å². The fourth-order valence-corrected chi connectivity index (χ4v) is 3.59. The highest BCUT2D eigenvalue weighted by molar-refractivity contribution is 6.34. The third kappa shape index (κ3) is 1.78. The van der Waals surface area contributed by atoms with Gasteiger partial charge >= 0.3 is 0 Å². The summed E-state index contributed by atoms with van der Waals surface area (Å²) in [5.41, 5.74) is 7.67. The van der Waals surface area contributed by atoms with Crippen molar-refractivity contribution in [2.24, 2.45) is 11.8 Å². The van der Waals surface area contributed by atoms with Crippen molar-refractivity contribution in [2.75, 3.05) is 23.7 Å². The number of nitrogens with zero attached hydrogens (tertiary/aromatic N) is 1. The van der Waals surface area contributed by atoms with E-state index in [-0.39, 0.29) is 6.10 Å². The Hall–Kier alpha value is -0.930. The van der Waals surface area contributed by atoms with E-state index >= 15 is 0 Å². The van der Waals surface area contributed by atoms with Crippen molar-refractivity contribution in [1.29, 1.82) is 0 Å². The number of benzene rings is 1. The van der Waals surface area contributed by atoms with Gasteiger partial charge in [0, 0.05) is 19.0 Å². The van der Waals surface area contributed by atoms with Gasteiger partial charge in [-0.1, -0.05) is 17.7 Å². The van der Waals surface area contributed by atoms with Gasteiger partial charge in [0.15, 0.2) is 0 Å². The topological polar surface area (TPSA) is 49.5 Å². The predicted molar refractivity (Wildman–Crippen MR) is 70.3 cm³/mol. The Bertz CT molecular complexity index is 417. The molecule has 1 aromatic rings. The summed E-state index contributed by atoms with van der Waals surface area (Å²) >= 11 is 6.22. The molecule has 3 atom stereocenters. The second kappa shape index (κ2) is 4.07. The first kappa shape index (κ1) is 11.2. The molecule has 0 aromatic heterocycles. The van der Waals surface area contributed by atoms with E-state index in [1.54, 1.807) is 0 Å². The molecule has 92 valence electrons. The molecule has 1 aliphatic carbocycles. The summed E-state index contributed by atoms with van der Waals surface area (Å²) in [5.74, 6) is 0.992. The first-order chi connectivity index (χ1) is 8.16. The molecule has 0 amide bonds. The molecule has 17 heavy (non-hydrogen) atoms. The molecule has 3 nitrogen and oxygen atoms in total. The fraction of sp³-hybridized carbons (Fsp3) is 0.538. The molecule has 1 saturated heterocycles. The molecule has 4 heteroatoms. The van der Waals surface area contributed by atoms with E-state index in [2.05, 4.69) is 4.90 Å². The summed E-state index contributed by atoms with van der Waals surface area (Å²) in [6.07, 6.45) is 1.92. The van der Waals surface area contributed by atoms with E-state index in [9.17, 15) is 5.11 Å². The van der Waals surface area contributed by atoms with Crippen molar-refractivity contribution >= 4 is 23.0 Å². The van der Waals surface area contributed by atoms with Gasteiger partial charge in [-0.05, 0) is 30.9 Å². The van der Waals surface area contributed by atoms with Crippen LogP contribution in [0, 0.1) is 11.8 Å². The number of aliphatic hydroxyl groups excluding tert-OH is 1. The van der Waals surface area contributed by atoms with Crippen molar-refractivity contribution in [2.45, 2.75) is 18.9 Å². The van der Waals surface area contributed by atoms with Crippen molar-refractivity contribution in [3.8, 4) is 0 Å². The number of nitrogens with two attached hydrogens (primary N) is 1. The fourth-order valence-electron chi connectivity index (χ4n) is 3.28. The number of anilines is 2. The second-order valence-electron chi connectivity index (χ2n) is 5.15. The Kier molecular flexibility index (Phi) is 2.68. The standard InChI is InChI=1S/C13H17ClN2O/c14-10-2-1-3-11(15)13(10)16-6-8-4-5-12(17)9(8)7-16/h1-3,8-9,12,17H,4-7,15H2. The first-order valence-corrected chi connectivity index (χ1v) is 6.51. The molecule has 0 spiro atoms. The summed E-state index contributed by atoms with van der Waals surface area (Å²) in [6.45, 7) is 1.84. The van der Waals surface area contributed by atoms with Crippen molar-refractivity contribution < 1.29 is 5.11 Å². The van der Waals surface area contributed by atoms with Crippen molar-refractivity contribution in [3.63, 3.8) is 0 Å². The molecule has 1 saturated carbocycles. The van der Waals surface area contributed by atoms with E-state index < -0.39 is 0 Å². The quantitative estimate of drug-likeness (QED) is 0.753. The molecular formula is C13H17ClN2O. The third-order valence-corrected chi connectivity index (χ3v) is 4.46. The van der Waals surface area contributed by atoms with Gasteiger partial charge in [-0.25, -0.2) is 0 Å². The lowest BCUT2D eigenvalue weighted by molar-refractivity contribution is 0.133. The van der Waals surface area contributed by atoms with E-state index in [1.807, 2.05) is 18.2 Å². The lowest BCUT2D eigenvalue weighted by Gasteiger charge is -2.23. The highest BCUT2D eigenvalue weighted by Gasteiger charge is 2.42. The average Bonchev–Trinajstić information content (AvgIpc) is 2.82. The van der Waals surface area contributed by atoms with Gasteiger partial charge in [-0.2, -0.15) is 0 Å². The van der Waals surface area contributed by atoms with Crippen LogP contribution in [0.25, 0.3) is 0 Å². The third-order valence-electron chi connectivity index (χ3n) is 4.15. The Morgan fingerprint density at radius 3 is 2.82 bits per heavy atom. The zero-order valence-electron chi connectivity index (χ0n) is 9.64. The molecule has 2 aliphatic rings. The number of para-hydroxylation sites is 1. The molecule has 1 aromatic carbocycles. The molecule has 3 unspecified atom stereocenters. The Morgan fingerprint density at radius 2 is 2.12 bits per heavy atom. The first-order valence-electron chi connectivity index (χ1n) is 6.14. The number of hydrogen-bond donors (Lipinski definition) is 2. The summed E-state index contributed by atoms with van der Waals surface area (Å²) in [7, 11) is 0. The molecule has 1 aliphatic heterocycles. The van der Waals surface area contributed by atoms with Gasteiger partial charge in [0.25, 0.3) is 0 Å². The van der Waals surface area contributed by atoms with Crippen LogP contribution < -0.4 is 10.6 Å². The molecule has 0 radical (unpaired) electrons. The number of aliphatic hydroxyl groups is 1. The molecular weight excluding hydrogens is 236 g/mol. The second-order valence-corrected chi connectivity index (χ2v) is 5.56. The Morgan fingerprint density at radius 1 is 1.29 bits per heavy atom. The highest BCUT2D eigenvalue weighted by atomic mass is 35.5. The maximum Gasteiger partial charge on any atom is 0.0789 e. The molecule has 0 bridgehead atoms. The van der Waals surface area contributed by atoms with Crippen molar-refractivity contribution in [1.82, 2.24) is 0 Å². The van der Waals surface area contributed by atoms with E-state index in [1.165, 1.54) is 0 Å². The zero-order valence-corrected chi connectivity index (χ0v) is 10.4. The van der Waals surface area contributed by atoms with Gasteiger partial charge in [0.05, 0.1) is 22.5 Å². The van der Waals surface area contributed by atoms with E-state index in [4.69, 9.17) is 17.3 Å². The SMILES string of the molecule is Nc1cccc(Cl)c1N1CC2CCC(O)C2C1. The van der Waals surface area contributed by atoms with Crippen molar-refractivity contribution in [3.05, 3.63) is 23.2 Å². The summed E-state index contributed by atoms with van der Waals surface area (Å²) < 4.78 is 0. The lowest BCUT2D eigenvalue weighted by Crippen LogP contribution is -2.25. The van der Waals surface area contributed by atoms with Gasteiger partial charge in [0.1, 0.15) is 0 Å². The van der Waals surface area contributed by atoms with Crippen LogP contribution in [0.1, 0.15) is 12.8 Å². The monoisotopic (exact) mass is 252 g/mol. The lowest BCUT2D eigenvalue weighted by atomic mass is 10.00. The average molecular weight is 253 g/mol. The Labute approximate surface area is 106 Å². The van der Waals surface area contributed by atoms with Crippen LogP contribution in [0.5, 0.6) is 0 Å². The van der Waals surface area contributed by atoms with Crippen LogP contribution >= 0.6 is 11.6 Å². The van der Waals surface area contributed by atoms with Crippen LogP contribution in [0.15, 0.2) is 18.2 Å².